The molecule has 2 N–H and O–H groups in total. The molecule has 18 heavy (non-hydrogen) atoms. The number of hydrogen-bond acceptors (Lipinski definition) is 7. The lowest BCUT2D eigenvalue weighted by Crippen LogP contribution is -2.23. The molecule has 0 aliphatic carbocycles. The maximum absolute atomic E-state index is 11.4. The van der Waals surface area contributed by atoms with Gasteiger partial charge in [0.2, 0.25) is 11.8 Å². The van der Waals surface area contributed by atoms with Gasteiger partial charge in [0.05, 0.1) is 11.8 Å². The minimum atomic E-state index is -0.233. The first kappa shape index (κ1) is 15.3. The van der Waals surface area contributed by atoms with E-state index in [1.165, 1.54) is 16.7 Å². The molecule has 8 heteroatoms. The van der Waals surface area contributed by atoms with Crippen LogP contribution in [-0.2, 0) is 4.79 Å². The molecule has 1 rings (SSSR count). The van der Waals surface area contributed by atoms with Crippen molar-refractivity contribution in [2.24, 2.45) is 5.73 Å². The number of hydrogen-bond donors (Lipinski definition) is 1. The quantitative estimate of drug-likeness (QED) is 0.750. The van der Waals surface area contributed by atoms with Crippen molar-refractivity contribution in [1.82, 2.24) is 15.1 Å². The van der Waals surface area contributed by atoms with Crippen LogP contribution in [0.4, 0.5) is 0 Å². The summed E-state index contributed by atoms with van der Waals surface area (Å²) in [5.74, 6) is 1.68. The van der Waals surface area contributed by atoms with Crippen molar-refractivity contribution in [3.05, 3.63) is 5.89 Å². The smallest absolute Gasteiger partial charge is 0.277 e. The summed E-state index contributed by atoms with van der Waals surface area (Å²) in [5.41, 5.74) is 5.90. The van der Waals surface area contributed by atoms with Gasteiger partial charge >= 0.3 is 0 Å². The van der Waals surface area contributed by atoms with Crippen molar-refractivity contribution < 1.29 is 9.21 Å². The fourth-order valence-corrected chi connectivity index (χ4v) is 2.29. The van der Waals surface area contributed by atoms with Crippen molar-refractivity contribution in [2.45, 2.75) is 17.7 Å². The predicted molar refractivity (Wildman–Crippen MR) is 73.6 cm³/mol. The molecule has 6 nitrogen and oxygen atoms in total. The zero-order valence-corrected chi connectivity index (χ0v) is 12.4. The molecular formula is C10H18N4O2S2. The summed E-state index contributed by atoms with van der Waals surface area (Å²) in [7, 11) is 3.42. The van der Waals surface area contributed by atoms with E-state index in [1.54, 1.807) is 25.9 Å². The van der Waals surface area contributed by atoms with Gasteiger partial charge in [-0.15, -0.1) is 10.2 Å². The van der Waals surface area contributed by atoms with E-state index < -0.39 is 0 Å². The lowest BCUT2D eigenvalue weighted by Gasteiger charge is -2.07. The molecule has 0 saturated carbocycles. The molecule has 1 heterocycles. The topological polar surface area (TPSA) is 85.2 Å². The van der Waals surface area contributed by atoms with Crippen LogP contribution in [0.5, 0.6) is 0 Å². The van der Waals surface area contributed by atoms with Crippen LogP contribution >= 0.6 is 23.5 Å². The second-order valence-corrected chi connectivity index (χ2v) is 5.78. The van der Waals surface area contributed by atoms with E-state index in [9.17, 15) is 4.79 Å². The third kappa shape index (κ3) is 4.87. The molecule has 1 atom stereocenters. The normalized spacial score (nSPS) is 12.4. The van der Waals surface area contributed by atoms with Gasteiger partial charge in [0.15, 0.2) is 0 Å². The average molecular weight is 290 g/mol. The highest BCUT2D eigenvalue weighted by Gasteiger charge is 2.15. The molecule has 0 fully saturated rings. The van der Waals surface area contributed by atoms with Gasteiger partial charge < -0.3 is 15.1 Å². The molecule has 1 amide bonds. The number of carbonyl (C=O) groups is 1. The largest absolute Gasteiger partial charge is 0.414 e. The number of thioether (sulfide) groups is 2. The van der Waals surface area contributed by atoms with Gasteiger partial charge in [-0.05, 0) is 18.4 Å². The highest BCUT2D eigenvalue weighted by atomic mass is 32.2. The number of nitrogens with two attached hydrogens (primary N) is 1. The Kier molecular flexibility index (Phi) is 6.51. The fourth-order valence-electron chi connectivity index (χ4n) is 1.05. The SMILES string of the molecule is CSCC[C@@H](N)c1nnc(SCC(=O)N(C)C)o1. The Labute approximate surface area is 115 Å². The Balaban J connectivity index is 2.45. The summed E-state index contributed by atoms with van der Waals surface area (Å²) in [6, 6.07) is -0.233. The number of carbonyl (C=O) groups excluding carboxylic acids is 1. The monoisotopic (exact) mass is 290 g/mol. The molecule has 0 aliphatic rings. The van der Waals surface area contributed by atoms with Gasteiger partial charge in [-0.25, -0.2) is 0 Å². The van der Waals surface area contributed by atoms with Crippen molar-refractivity contribution in [3.63, 3.8) is 0 Å². The van der Waals surface area contributed by atoms with Crippen LogP contribution in [0.25, 0.3) is 0 Å². The summed E-state index contributed by atoms with van der Waals surface area (Å²) in [6.07, 6.45) is 2.82. The van der Waals surface area contributed by atoms with Crippen LogP contribution in [0.1, 0.15) is 18.4 Å². The first-order chi connectivity index (χ1) is 8.54. The Bertz CT molecular complexity index is 384. The Morgan fingerprint density at radius 3 is 2.83 bits per heavy atom. The van der Waals surface area contributed by atoms with E-state index in [-0.39, 0.29) is 17.7 Å². The van der Waals surface area contributed by atoms with Crippen LogP contribution < -0.4 is 5.73 Å². The second kappa shape index (κ2) is 7.65. The first-order valence-electron chi connectivity index (χ1n) is 5.45. The Morgan fingerprint density at radius 1 is 1.50 bits per heavy atom. The fraction of sp³-hybridized carbons (Fsp3) is 0.700. The van der Waals surface area contributed by atoms with Gasteiger partial charge in [-0.1, -0.05) is 11.8 Å². The standard InChI is InChI=1S/C10H18N4O2S2/c1-14(2)8(15)6-18-10-13-12-9(16-10)7(11)4-5-17-3/h7H,4-6,11H2,1-3H3/t7-/m1/s1. The minimum absolute atomic E-state index is 0.00596. The van der Waals surface area contributed by atoms with Gasteiger partial charge in [0.25, 0.3) is 5.22 Å². The number of amides is 1. The molecule has 0 bridgehead atoms. The Hall–Kier alpha value is -0.730. The van der Waals surface area contributed by atoms with E-state index in [2.05, 4.69) is 10.2 Å². The third-order valence-corrected chi connectivity index (χ3v) is 3.64. The summed E-state index contributed by atoms with van der Waals surface area (Å²) in [6.45, 7) is 0. The van der Waals surface area contributed by atoms with Crippen molar-refractivity contribution in [2.75, 3.05) is 31.9 Å². The van der Waals surface area contributed by atoms with E-state index in [4.69, 9.17) is 10.2 Å². The highest BCUT2D eigenvalue weighted by molar-refractivity contribution is 7.99. The lowest BCUT2D eigenvalue weighted by atomic mass is 10.2. The average Bonchev–Trinajstić information content (AvgIpc) is 2.81. The third-order valence-electron chi connectivity index (χ3n) is 2.19. The lowest BCUT2D eigenvalue weighted by molar-refractivity contribution is -0.125. The van der Waals surface area contributed by atoms with Crippen LogP contribution in [0.3, 0.4) is 0 Å². The van der Waals surface area contributed by atoms with Gasteiger partial charge in [0.1, 0.15) is 0 Å². The summed E-state index contributed by atoms with van der Waals surface area (Å²) in [5, 5.41) is 8.15. The van der Waals surface area contributed by atoms with E-state index in [0.29, 0.717) is 11.1 Å². The van der Waals surface area contributed by atoms with Crippen molar-refractivity contribution in [3.8, 4) is 0 Å². The minimum Gasteiger partial charge on any atom is -0.414 e. The van der Waals surface area contributed by atoms with Crippen LogP contribution in [0.15, 0.2) is 9.64 Å². The molecule has 1 aromatic heterocycles. The van der Waals surface area contributed by atoms with E-state index >= 15 is 0 Å². The Morgan fingerprint density at radius 2 is 2.22 bits per heavy atom. The van der Waals surface area contributed by atoms with Crippen LogP contribution in [0, 0.1) is 0 Å². The van der Waals surface area contributed by atoms with Gasteiger partial charge in [-0.3, -0.25) is 4.79 Å². The number of aromatic nitrogens is 2. The summed E-state index contributed by atoms with van der Waals surface area (Å²) in [4.78, 5) is 12.9. The maximum atomic E-state index is 11.4. The van der Waals surface area contributed by atoms with Gasteiger partial charge in [0, 0.05) is 14.1 Å². The molecule has 0 saturated heterocycles. The predicted octanol–water partition coefficient (Wildman–Crippen LogP) is 1.00. The van der Waals surface area contributed by atoms with Crippen LogP contribution in [0.2, 0.25) is 0 Å². The molecule has 0 spiro atoms. The van der Waals surface area contributed by atoms with E-state index in [0.717, 1.165) is 12.2 Å². The molecule has 0 aliphatic heterocycles. The molecule has 102 valence electrons. The molecule has 1 aromatic rings. The molecule has 0 unspecified atom stereocenters. The summed E-state index contributed by atoms with van der Waals surface area (Å²) < 4.78 is 5.41. The van der Waals surface area contributed by atoms with Crippen molar-refractivity contribution >= 4 is 29.4 Å². The number of rotatable bonds is 7. The van der Waals surface area contributed by atoms with Gasteiger partial charge in [-0.2, -0.15) is 11.8 Å². The maximum Gasteiger partial charge on any atom is 0.277 e. The molecule has 0 radical (unpaired) electrons. The van der Waals surface area contributed by atoms with Crippen molar-refractivity contribution in [1.29, 1.82) is 0 Å². The second-order valence-electron chi connectivity index (χ2n) is 3.87. The zero-order valence-electron chi connectivity index (χ0n) is 10.8. The molecular weight excluding hydrogens is 272 g/mol. The van der Waals surface area contributed by atoms with E-state index in [1.807, 2.05) is 6.26 Å². The highest BCUT2D eigenvalue weighted by Crippen LogP contribution is 2.20. The van der Waals surface area contributed by atoms with Crippen LogP contribution in [-0.4, -0.2) is 52.9 Å². The number of nitrogens with zero attached hydrogens (tertiary/aromatic N) is 3. The first-order valence-corrected chi connectivity index (χ1v) is 7.83. The molecule has 0 aromatic carbocycles. The summed E-state index contributed by atoms with van der Waals surface area (Å²) >= 11 is 2.95. The zero-order chi connectivity index (χ0) is 13.5.